The zero-order valence-electron chi connectivity index (χ0n) is 12.3. The van der Waals surface area contributed by atoms with Gasteiger partial charge in [-0.25, -0.2) is 4.39 Å². The maximum atomic E-state index is 13.4. The van der Waals surface area contributed by atoms with Crippen molar-refractivity contribution in [3.63, 3.8) is 0 Å². The highest BCUT2D eigenvalue weighted by Gasteiger charge is 2.28. The Labute approximate surface area is 134 Å². The summed E-state index contributed by atoms with van der Waals surface area (Å²) in [4.78, 5) is 5.01. The van der Waals surface area contributed by atoms with Crippen LogP contribution in [0.25, 0.3) is 0 Å². The summed E-state index contributed by atoms with van der Waals surface area (Å²) in [5.41, 5.74) is 7.08. The number of rotatable bonds is 5. The van der Waals surface area contributed by atoms with Gasteiger partial charge in [-0.2, -0.15) is 0 Å². The van der Waals surface area contributed by atoms with Crippen LogP contribution in [0.5, 0.6) is 0 Å². The smallest absolute Gasteiger partial charge is 0.137 e. The minimum atomic E-state index is -0.219. The van der Waals surface area contributed by atoms with Crippen LogP contribution in [0, 0.1) is 11.7 Å². The monoisotopic (exact) mass is 355 g/mol. The highest BCUT2D eigenvalue weighted by atomic mass is 79.9. The van der Waals surface area contributed by atoms with Crippen LogP contribution < -0.4 is 5.73 Å². The summed E-state index contributed by atoms with van der Waals surface area (Å²) in [6, 6.07) is 5.42. The first-order valence-electron chi connectivity index (χ1n) is 7.79. The molecule has 1 saturated carbocycles. The molecular formula is C16H23BrFN3. The predicted octanol–water partition coefficient (Wildman–Crippen LogP) is 2.62. The van der Waals surface area contributed by atoms with E-state index in [4.69, 9.17) is 5.73 Å². The molecule has 2 aliphatic rings. The van der Waals surface area contributed by atoms with Crippen LogP contribution >= 0.6 is 15.9 Å². The van der Waals surface area contributed by atoms with Crippen molar-refractivity contribution < 1.29 is 4.39 Å². The third-order valence-corrected chi connectivity index (χ3v) is 5.22. The number of halogens is 2. The molecule has 1 aromatic rings. The van der Waals surface area contributed by atoms with E-state index in [2.05, 4.69) is 25.7 Å². The van der Waals surface area contributed by atoms with Crippen molar-refractivity contribution >= 4 is 15.9 Å². The highest BCUT2D eigenvalue weighted by Crippen LogP contribution is 2.31. The Morgan fingerprint density at radius 3 is 2.52 bits per heavy atom. The van der Waals surface area contributed by atoms with E-state index in [0.29, 0.717) is 11.0 Å². The normalized spacial score (nSPS) is 22.4. The van der Waals surface area contributed by atoms with E-state index in [0.717, 1.165) is 37.7 Å². The Bertz CT molecular complexity index is 484. The number of benzene rings is 1. The lowest BCUT2D eigenvalue weighted by Gasteiger charge is -2.39. The molecule has 1 saturated heterocycles. The first kappa shape index (κ1) is 15.4. The van der Waals surface area contributed by atoms with Crippen LogP contribution in [0.4, 0.5) is 4.39 Å². The van der Waals surface area contributed by atoms with E-state index in [-0.39, 0.29) is 11.9 Å². The number of hydrogen-bond donors (Lipinski definition) is 1. The van der Waals surface area contributed by atoms with Crippen LogP contribution in [-0.2, 0) is 0 Å². The fraction of sp³-hybridized carbons (Fsp3) is 0.625. The van der Waals surface area contributed by atoms with E-state index in [1.54, 1.807) is 0 Å². The Kier molecular flexibility index (Phi) is 4.94. The third kappa shape index (κ3) is 3.83. The fourth-order valence-electron chi connectivity index (χ4n) is 3.14. The first-order valence-corrected chi connectivity index (χ1v) is 8.58. The van der Waals surface area contributed by atoms with Gasteiger partial charge < -0.3 is 10.6 Å². The molecule has 1 heterocycles. The molecule has 1 unspecified atom stereocenters. The van der Waals surface area contributed by atoms with Crippen molar-refractivity contribution in [2.24, 2.45) is 11.7 Å². The van der Waals surface area contributed by atoms with E-state index in [9.17, 15) is 4.39 Å². The van der Waals surface area contributed by atoms with E-state index < -0.39 is 0 Å². The molecule has 0 bridgehead atoms. The second-order valence-corrected chi connectivity index (χ2v) is 7.06. The molecule has 5 heteroatoms. The molecule has 0 amide bonds. The second-order valence-electron chi connectivity index (χ2n) is 6.20. The highest BCUT2D eigenvalue weighted by molar-refractivity contribution is 9.10. The lowest BCUT2D eigenvalue weighted by atomic mass is 10.0. The molecule has 1 aliphatic heterocycles. The summed E-state index contributed by atoms with van der Waals surface area (Å²) in [7, 11) is 0. The van der Waals surface area contributed by atoms with Gasteiger partial charge in [-0.05, 0) is 52.4 Å². The Balaban J connectivity index is 1.62. The van der Waals surface area contributed by atoms with Crippen molar-refractivity contribution in [1.82, 2.24) is 9.80 Å². The summed E-state index contributed by atoms with van der Waals surface area (Å²) in [5, 5.41) is 0. The number of nitrogens with two attached hydrogens (primary N) is 1. The fourth-order valence-corrected chi connectivity index (χ4v) is 3.54. The van der Waals surface area contributed by atoms with E-state index in [1.165, 1.54) is 25.5 Å². The SMILES string of the molecule is NCC(c1ccc(F)c(Br)c1)N1CCN(CC2CC2)CC1. The van der Waals surface area contributed by atoms with Gasteiger partial charge >= 0.3 is 0 Å². The van der Waals surface area contributed by atoms with Crippen molar-refractivity contribution in [3.8, 4) is 0 Å². The minimum Gasteiger partial charge on any atom is -0.329 e. The molecule has 3 nitrogen and oxygen atoms in total. The molecule has 0 radical (unpaired) electrons. The maximum Gasteiger partial charge on any atom is 0.137 e. The summed E-state index contributed by atoms with van der Waals surface area (Å²) in [5.74, 6) is 0.735. The van der Waals surface area contributed by atoms with Crippen molar-refractivity contribution in [1.29, 1.82) is 0 Å². The quantitative estimate of drug-likeness (QED) is 0.880. The van der Waals surface area contributed by atoms with Gasteiger partial charge in [0.05, 0.1) is 4.47 Å². The molecule has 1 aromatic carbocycles. The zero-order valence-corrected chi connectivity index (χ0v) is 13.9. The number of nitrogens with zero attached hydrogens (tertiary/aromatic N) is 2. The molecule has 1 atom stereocenters. The standard InChI is InChI=1S/C16H23BrFN3/c17-14-9-13(3-4-15(14)18)16(10-19)21-7-5-20(6-8-21)11-12-1-2-12/h3-4,9,12,16H,1-2,5-8,10-11,19H2. The van der Waals surface area contributed by atoms with Gasteiger partial charge in [-0.3, -0.25) is 4.90 Å². The van der Waals surface area contributed by atoms with E-state index in [1.807, 2.05) is 12.1 Å². The van der Waals surface area contributed by atoms with Gasteiger partial charge in [-0.1, -0.05) is 6.07 Å². The van der Waals surface area contributed by atoms with Crippen LogP contribution in [0.2, 0.25) is 0 Å². The molecule has 2 fully saturated rings. The van der Waals surface area contributed by atoms with Crippen LogP contribution in [0.3, 0.4) is 0 Å². The molecule has 2 N–H and O–H groups in total. The van der Waals surface area contributed by atoms with Crippen LogP contribution in [0.15, 0.2) is 22.7 Å². The molecule has 21 heavy (non-hydrogen) atoms. The maximum absolute atomic E-state index is 13.4. The Morgan fingerprint density at radius 2 is 1.95 bits per heavy atom. The van der Waals surface area contributed by atoms with Gasteiger partial charge in [0.1, 0.15) is 5.82 Å². The number of piperazine rings is 1. The van der Waals surface area contributed by atoms with Gasteiger partial charge in [-0.15, -0.1) is 0 Å². The van der Waals surface area contributed by atoms with E-state index >= 15 is 0 Å². The zero-order chi connectivity index (χ0) is 14.8. The van der Waals surface area contributed by atoms with Crippen molar-refractivity contribution in [2.45, 2.75) is 18.9 Å². The molecular weight excluding hydrogens is 333 g/mol. The third-order valence-electron chi connectivity index (χ3n) is 4.61. The van der Waals surface area contributed by atoms with Crippen molar-refractivity contribution in [3.05, 3.63) is 34.1 Å². The van der Waals surface area contributed by atoms with Gasteiger partial charge in [0.2, 0.25) is 0 Å². The largest absolute Gasteiger partial charge is 0.329 e. The first-order chi connectivity index (χ1) is 10.2. The molecule has 0 spiro atoms. The average molecular weight is 356 g/mol. The molecule has 3 rings (SSSR count). The lowest BCUT2D eigenvalue weighted by molar-refractivity contribution is 0.0955. The summed E-state index contributed by atoms with van der Waals surface area (Å²) < 4.78 is 13.9. The van der Waals surface area contributed by atoms with Crippen LogP contribution in [0.1, 0.15) is 24.4 Å². The average Bonchev–Trinajstić information content (AvgIpc) is 3.29. The topological polar surface area (TPSA) is 32.5 Å². The summed E-state index contributed by atoms with van der Waals surface area (Å²) in [6.07, 6.45) is 2.82. The minimum absolute atomic E-state index is 0.185. The molecule has 0 aromatic heterocycles. The lowest BCUT2D eigenvalue weighted by Crippen LogP contribution is -2.49. The Morgan fingerprint density at radius 1 is 1.24 bits per heavy atom. The number of hydrogen-bond acceptors (Lipinski definition) is 3. The van der Waals surface area contributed by atoms with Crippen LogP contribution in [-0.4, -0.2) is 49.1 Å². The second kappa shape index (κ2) is 6.73. The molecule has 116 valence electrons. The Hall–Kier alpha value is -0.490. The summed E-state index contributed by atoms with van der Waals surface area (Å²) >= 11 is 3.27. The van der Waals surface area contributed by atoms with Gasteiger partial charge in [0.15, 0.2) is 0 Å². The predicted molar refractivity (Wildman–Crippen MR) is 86.6 cm³/mol. The van der Waals surface area contributed by atoms with Crippen molar-refractivity contribution in [2.75, 3.05) is 39.3 Å². The summed E-state index contributed by atoms with van der Waals surface area (Å²) in [6.45, 7) is 6.17. The van der Waals surface area contributed by atoms with Gasteiger partial charge in [0, 0.05) is 45.3 Å². The molecule has 1 aliphatic carbocycles. The van der Waals surface area contributed by atoms with Gasteiger partial charge in [0.25, 0.3) is 0 Å².